The molecule has 1 N–H and O–H groups in total. The molecular weight excluding hydrogens is 380 g/mol. The molecule has 0 atom stereocenters. The molecule has 8 heteroatoms. The third-order valence-electron chi connectivity index (χ3n) is 4.72. The van der Waals surface area contributed by atoms with Gasteiger partial charge in [-0.3, -0.25) is 9.59 Å². The van der Waals surface area contributed by atoms with Crippen LogP contribution in [0.15, 0.2) is 71.8 Å². The molecule has 8 nitrogen and oxygen atoms in total. The van der Waals surface area contributed by atoms with Gasteiger partial charge in [-0.25, -0.2) is 9.36 Å². The van der Waals surface area contributed by atoms with Gasteiger partial charge in [0.25, 0.3) is 11.5 Å². The Morgan fingerprint density at radius 2 is 1.73 bits per heavy atom. The molecule has 0 fully saturated rings. The van der Waals surface area contributed by atoms with E-state index in [-0.39, 0.29) is 24.6 Å². The van der Waals surface area contributed by atoms with Gasteiger partial charge in [0.1, 0.15) is 0 Å². The zero-order valence-electron chi connectivity index (χ0n) is 16.8. The normalized spacial score (nSPS) is 10.9. The summed E-state index contributed by atoms with van der Waals surface area (Å²) in [5.74, 6) is 0.365. The zero-order valence-corrected chi connectivity index (χ0v) is 16.8. The van der Waals surface area contributed by atoms with Crippen LogP contribution in [0.1, 0.15) is 21.7 Å². The largest absolute Gasteiger partial charge is 0.350 e. The summed E-state index contributed by atoms with van der Waals surface area (Å²) in [4.78, 5) is 24.6. The van der Waals surface area contributed by atoms with E-state index >= 15 is 0 Å². The second kappa shape index (κ2) is 8.20. The number of nitrogens with one attached hydrogen (secondary N) is 1. The predicted octanol–water partition coefficient (Wildman–Crippen LogP) is 2.27. The molecule has 0 radical (unpaired) electrons. The average Bonchev–Trinajstić information content (AvgIpc) is 3.39. The number of nitrogens with zero attached hydrogens (tertiary/aromatic N) is 5. The van der Waals surface area contributed by atoms with Gasteiger partial charge >= 0.3 is 0 Å². The first-order valence-corrected chi connectivity index (χ1v) is 9.65. The summed E-state index contributed by atoms with van der Waals surface area (Å²) in [6, 6.07) is 16.3. The molecule has 4 rings (SSSR count). The summed E-state index contributed by atoms with van der Waals surface area (Å²) in [5, 5.41) is 11.6. The molecule has 1 aromatic carbocycles. The maximum atomic E-state index is 12.4. The van der Waals surface area contributed by atoms with Crippen molar-refractivity contribution in [3.63, 3.8) is 0 Å². The summed E-state index contributed by atoms with van der Waals surface area (Å²) >= 11 is 0. The fourth-order valence-corrected chi connectivity index (χ4v) is 3.24. The van der Waals surface area contributed by atoms with Crippen molar-refractivity contribution in [2.24, 2.45) is 0 Å². The number of aromatic nitrogens is 5. The van der Waals surface area contributed by atoms with E-state index in [0.717, 1.165) is 17.1 Å². The molecule has 0 aliphatic heterocycles. The van der Waals surface area contributed by atoms with Crippen molar-refractivity contribution in [3.8, 4) is 11.5 Å². The Hall–Kier alpha value is -3.94. The van der Waals surface area contributed by atoms with Crippen LogP contribution in [-0.2, 0) is 6.54 Å². The van der Waals surface area contributed by atoms with Crippen molar-refractivity contribution < 1.29 is 4.79 Å². The fraction of sp³-hybridized carbons (Fsp3) is 0.182. The third-order valence-corrected chi connectivity index (χ3v) is 4.72. The van der Waals surface area contributed by atoms with Crippen LogP contribution in [0.25, 0.3) is 11.5 Å². The lowest BCUT2D eigenvalue weighted by Gasteiger charge is -2.10. The van der Waals surface area contributed by atoms with Crippen molar-refractivity contribution in [1.29, 1.82) is 0 Å². The SMILES string of the molecule is Cc1cc(C)n(-c2ccc(=O)n(CCNC(=O)c3ccc(-n4cccc4)cc3)n2)n1. The Bertz CT molecular complexity index is 1220. The Labute approximate surface area is 173 Å². The number of amides is 1. The van der Waals surface area contributed by atoms with E-state index in [9.17, 15) is 9.59 Å². The van der Waals surface area contributed by atoms with Crippen LogP contribution in [0.4, 0.5) is 0 Å². The summed E-state index contributed by atoms with van der Waals surface area (Å²) < 4.78 is 4.99. The second-order valence-electron chi connectivity index (χ2n) is 6.98. The molecule has 0 aliphatic carbocycles. The topological polar surface area (TPSA) is 86.7 Å². The van der Waals surface area contributed by atoms with Gasteiger partial charge in [0.2, 0.25) is 0 Å². The van der Waals surface area contributed by atoms with Crippen LogP contribution < -0.4 is 10.9 Å². The van der Waals surface area contributed by atoms with Crippen LogP contribution in [0.3, 0.4) is 0 Å². The molecule has 3 heterocycles. The minimum absolute atomic E-state index is 0.197. The van der Waals surface area contributed by atoms with Crippen molar-refractivity contribution in [2.75, 3.05) is 6.54 Å². The fourth-order valence-electron chi connectivity index (χ4n) is 3.24. The Kier molecular flexibility index (Phi) is 5.30. The van der Waals surface area contributed by atoms with Crippen LogP contribution >= 0.6 is 0 Å². The molecule has 0 bridgehead atoms. The van der Waals surface area contributed by atoms with Crippen molar-refractivity contribution >= 4 is 5.91 Å². The molecule has 0 saturated heterocycles. The van der Waals surface area contributed by atoms with Gasteiger partial charge in [0.15, 0.2) is 5.82 Å². The molecule has 1 amide bonds. The highest BCUT2D eigenvalue weighted by Gasteiger charge is 2.09. The summed E-state index contributed by atoms with van der Waals surface area (Å²) in [6.45, 7) is 4.38. The molecule has 0 saturated carbocycles. The Morgan fingerprint density at radius 3 is 2.40 bits per heavy atom. The number of aryl methyl sites for hydroxylation is 2. The second-order valence-corrected chi connectivity index (χ2v) is 6.98. The van der Waals surface area contributed by atoms with E-state index in [1.807, 2.05) is 61.1 Å². The third kappa shape index (κ3) is 4.07. The minimum atomic E-state index is -0.231. The smallest absolute Gasteiger partial charge is 0.266 e. The van der Waals surface area contributed by atoms with Crippen LogP contribution in [-0.4, -0.2) is 36.6 Å². The maximum absolute atomic E-state index is 12.4. The average molecular weight is 402 g/mol. The number of carbonyl (C=O) groups is 1. The van der Waals surface area contributed by atoms with E-state index in [4.69, 9.17) is 0 Å². The van der Waals surface area contributed by atoms with Crippen molar-refractivity contribution in [3.05, 3.63) is 94.3 Å². The molecule has 0 spiro atoms. The molecular formula is C22H22N6O2. The highest BCUT2D eigenvalue weighted by molar-refractivity contribution is 5.94. The number of hydrogen-bond donors (Lipinski definition) is 1. The van der Waals surface area contributed by atoms with E-state index in [1.54, 1.807) is 22.9 Å². The van der Waals surface area contributed by atoms with E-state index in [0.29, 0.717) is 11.4 Å². The number of rotatable bonds is 6. The predicted molar refractivity (Wildman–Crippen MR) is 113 cm³/mol. The molecule has 30 heavy (non-hydrogen) atoms. The monoisotopic (exact) mass is 402 g/mol. The summed E-state index contributed by atoms with van der Waals surface area (Å²) in [6.07, 6.45) is 3.89. The van der Waals surface area contributed by atoms with Gasteiger partial charge in [0, 0.05) is 41.9 Å². The minimum Gasteiger partial charge on any atom is -0.350 e. The zero-order chi connectivity index (χ0) is 21.1. The van der Waals surface area contributed by atoms with Crippen LogP contribution in [0, 0.1) is 13.8 Å². The standard InChI is InChI=1S/C22H22N6O2/c1-16-15-17(2)28(24-16)20-9-10-21(29)27(25-20)14-11-23-22(30)18-5-7-19(8-6-18)26-12-3-4-13-26/h3-10,12-13,15H,11,14H2,1-2H3,(H,23,30). The number of carbonyl (C=O) groups excluding carboxylic acids is 1. The highest BCUT2D eigenvalue weighted by atomic mass is 16.2. The number of hydrogen-bond acceptors (Lipinski definition) is 4. The Balaban J connectivity index is 1.40. The molecule has 3 aromatic heterocycles. The van der Waals surface area contributed by atoms with Gasteiger partial charge in [-0.2, -0.15) is 5.10 Å². The van der Waals surface area contributed by atoms with Gasteiger partial charge < -0.3 is 9.88 Å². The first-order chi connectivity index (χ1) is 14.5. The maximum Gasteiger partial charge on any atom is 0.266 e. The van der Waals surface area contributed by atoms with Crippen molar-refractivity contribution in [1.82, 2.24) is 29.4 Å². The molecule has 0 aliphatic rings. The number of benzene rings is 1. The van der Waals surface area contributed by atoms with Gasteiger partial charge in [-0.1, -0.05) is 0 Å². The Morgan fingerprint density at radius 1 is 1.00 bits per heavy atom. The van der Waals surface area contributed by atoms with Crippen molar-refractivity contribution in [2.45, 2.75) is 20.4 Å². The first kappa shape index (κ1) is 19.4. The lowest BCUT2D eigenvalue weighted by Crippen LogP contribution is -2.32. The van der Waals surface area contributed by atoms with Gasteiger partial charge in [-0.05, 0) is 62.4 Å². The lowest BCUT2D eigenvalue weighted by atomic mass is 10.2. The summed E-state index contributed by atoms with van der Waals surface area (Å²) in [7, 11) is 0. The first-order valence-electron chi connectivity index (χ1n) is 9.65. The molecule has 0 unspecified atom stereocenters. The van der Waals surface area contributed by atoms with Crippen LogP contribution in [0.5, 0.6) is 0 Å². The highest BCUT2D eigenvalue weighted by Crippen LogP contribution is 2.10. The molecule has 152 valence electrons. The van der Waals surface area contributed by atoms with E-state index in [1.165, 1.54) is 10.7 Å². The lowest BCUT2D eigenvalue weighted by molar-refractivity contribution is 0.0951. The van der Waals surface area contributed by atoms with Gasteiger partial charge in [0.05, 0.1) is 12.2 Å². The molecule has 4 aromatic rings. The quantitative estimate of drug-likeness (QED) is 0.536. The van der Waals surface area contributed by atoms with E-state index < -0.39 is 0 Å². The summed E-state index contributed by atoms with van der Waals surface area (Å²) in [5.41, 5.74) is 3.12. The van der Waals surface area contributed by atoms with E-state index in [2.05, 4.69) is 15.5 Å². The van der Waals surface area contributed by atoms with Gasteiger partial charge in [-0.15, -0.1) is 5.10 Å². The van der Waals surface area contributed by atoms with Crippen LogP contribution in [0.2, 0.25) is 0 Å².